The Morgan fingerprint density at radius 2 is 1.67 bits per heavy atom. The van der Waals surface area contributed by atoms with Gasteiger partial charge in [0.2, 0.25) is 0 Å². The molecular formula is C20H24N2O2. The third-order valence-corrected chi connectivity index (χ3v) is 5.28. The van der Waals surface area contributed by atoms with E-state index < -0.39 is 0 Å². The first-order valence-electron chi connectivity index (χ1n) is 8.57. The van der Waals surface area contributed by atoms with Gasteiger partial charge in [-0.2, -0.15) is 0 Å². The first kappa shape index (κ1) is 15.8. The van der Waals surface area contributed by atoms with Gasteiger partial charge in [-0.15, -0.1) is 0 Å². The maximum absolute atomic E-state index is 6.46. The molecule has 4 atom stereocenters. The summed E-state index contributed by atoms with van der Waals surface area (Å²) < 4.78 is 11.7. The van der Waals surface area contributed by atoms with Crippen molar-refractivity contribution in [2.24, 2.45) is 11.5 Å². The Morgan fingerprint density at radius 3 is 2.54 bits per heavy atom. The van der Waals surface area contributed by atoms with E-state index in [0.717, 1.165) is 6.42 Å². The molecule has 0 radical (unpaired) electrons. The Labute approximate surface area is 142 Å². The van der Waals surface area contributed by atoms with Crippen LogP contribution in [0.5, 0.6) is 0 Å². The van der Waals surface area contributed by atoms with Crippen LogP contribution in [0, 0.1) is 0 Å². The molecule has 0 bridgehead atoms. The standard InChI is InChI=1S/C20H24N2O2/c1-12-19(21)17-8-13(6-7-15(17)10-23-12)9-18-20(22)16-5-3-2-4-14(16)11-24-18/h2-8,12,18-20H,9-11,21-22H2,1H3/t12-,18+,19-,20-/m0/s1. The Balaban J connectivity index is 1.56. The van der Waals surface area contributed by atoms with Gasteiger partial charge >= 0.3 is 0 Å². The quantitative estimate of drug-likeness (QED) is 0.891. The number of ether oxygens (including phenoxy) is 2. The average Bonchev–Trinajstić information content (AvgIpc) is 2.61. The van der Waals surface area contributed by atoms with Gasteiger partial charge in [0.15, 0.2) is 0 Å². The number of hydrogen-bond donors (Lipinski definition) is 2. The summed E-state index contributed by atoms with van der Waals surface area (Å²) in [6, 6.07) is 14.6. The molecule has 0 aromatic heterocycles. The van der Waals surface area contributed by atoms with Crippen molar-refractivity contribution in [3.05, 3.63) is 70.3 Å². The highest BCUT2D eigenvalue weighted by atomic mass is 16.5. The normalized spacial score (nSPS) is 29.0. The van der Waals surface area contributed by atoms with Crippen LogP contribution < -0.4 is 11.5 Å². The van der Waals surface area contributed by atoms with Crippen LogP contribution in [0.4, 0.5) is 0 Å². The highest BCUT2D eigenvalue weighted by molar-refractivity contribution is 5.37. The van der Waals surface area contributed by atoms with Crippen LogP contribution in [-0.2, 0) is 29.1 Å². The zero-order valence-corrected chi connectivity index (χ0v) is 13.9. The van der Waals surface area contributed by atoms with Gasteiger partial charge in [0, 0.05) is 6.42 Å². The zero-order valence-electron chi connectivity index (χ0n) is 13.9. The van der Waals surface area contributed by atoms with E-state index in [-0.39, 0.29) is 24.3 Å². The summed E-state index contributed by atoms with van der Waals surface area (Å²) >= 11 is 0. The summed E-state index contributed by atoms with van der Waals surface area (Å²) in [7, 11) is 0. The van der Waals surface area contributed by atoms with Crippen molar-refractivity contribution >= 4 is 0 Å². The minimum absolute atomic E-state index is 0.00793. The molecule has 0 fully saturated rings. The summed E-state index contributed by atoms with van der Waals surface area (Å²) in [4.78, 5) is 0. The predicted octanol–water partition coefficient (Wildman–Crippen LogP) is 2.75. The highest BCUT2D eigenvalue weighted by Gasteiger charge is 2.29. The number of rotatable bonds is 2. The molecule has 4 rings (SSSR count). The molecule has 0 aliphatic carbocycles. The van der Waals surface area contributed by atoms with E-state index in [1.54, 1.807) is 0 Å². The maximum Gasteiger partial charge on any atom is 0.0812 e. The van der Waals surface area contributed by atoms with Crippen molar-refractivity contribution < 1.29 is 9.47 Å². The van der Waals surface area contributed by atoms with Gasteiger partial charge < -0.3 is 20.9 Å². The van der Waals surface area contributed by atoms with Gasteiger partial charge in [0.25, 0.3) is 0 Å². The first-order chi connectivity index (χ1) is 11.6. The van der Waals surface area contributed by atoms with Crippen molar-refractivity contribution in [3.8, 4) is 0 Å². The van der Waals surface area contributed by atoms with Gasteiger partial charge in [-0.3, -0.25) is 0 Å². The van der Waals surface area contributed by atoms with Crippen molar-refractivity contribution in [2.45, 2.75) is 50.8 Å². The van der Waals surface area contributed by atoms with Gasteiger partial charge in [-0.25, -0.2) is 0 Å². The summed E-state index contributed by atoms with van der Waals surface area (Å²) in [5, 5.41) is 0. The second-order valence-electron chi connectivity index (χ2n) is 6.85. The van der Waals surface area contributed by atoms with E-state index in [9.17, 15) is 0 Å². The van der Waals surface area contributed by atoms with E-state index in [4.69, 9.17) is 20.9 Å². The van der Waals surface area contributed by atoms with Crippen molar-refractivity contribution in [1.82, 2.24) is 0 Å². The third-order valence-electron chi connectivity index (χ3n) is 5.28. The fourth-order valence-corrected chi connectivity index (χ4v) is 3.70. The highest BCUT2D eigenvalue weighted by Crippen LogP contribution is 2.32. The number of nitrogens with two attached hydrogens (primary N) is 2. The Bertz CT molecular complexity index is 746. The lowest BCUT2D eigenvalue weighted by molar-refractivity contribution is 0.00909. The first-order valence-corrected chi connectivity index (χ1v) is 8.57. The molecule has 2 aliphatic heterocycles. The smallest absolute Gasteiger partial charge is 0.0812 e. The Morgan fingerprint density at radius 1 is 0.917 bits per heavy atom. The zero-order chi connectivity index (χ0) is 16.7. The second kappa shape index (κ2) is 6.30. The molecule has 0 unspecified atom stereocenters. The van der Waals surface area contributed by atoms with Crippen molar-refractivity contribution in [2.75, 3.05) is 0 Å². The minimum Gasteiger partial charge on any atom is -0.372 e. The molecule has 0 saturated heterocycles. The van der Waals surface area contributed by atoms with Crippen LogP contribution in [-0.4, -0.2) is 12.2 Å². The number of hydrogen-bond acceptors (Lipinski definition) is 4. The maximum atomic E-state index is 6.46. The molecule has 24 heavy (non-hydrogen) atoms. The summed E-state index contributed by atoms with van der Waals surface area (Å²) in [6.07, 6.45) is 0.837. The van der Waals surface area contributed by atoms with Crippen LogP contribution in [0.1, 0.15) is 46.8 Å². The van der Waals surface area contributed by atoms with Crippen LogP contribution in [0.15, 0.2) is 42.5 Å². The van der Waals surface area contributed by atoms with Gasteiger partial charge in [0.1, 0.15) is 0 Å². The number of fused-ring (bicyclic) bond motifs is 2. The van der Waals surface area contributed by atoms with Gasteiger partial charge in [-0.05, 0) is 34.7 Å². The molecule has 4 N–H and O–H groups in total. The fourth-order valence-electron chi connectivity index (χ4n) is 3.70. The van der Waals surface area contributed by atoms with Crippen molar-refractivity contribution in [1.29, 1.82) is 0 Å². The molecule has 0 spiro atoms. The Kier molecular flexibility index (Phi) is 4.14. The molecule has 0 amide bonds. The van der Waals surface area contributed by atoms with E-state index >= 15 is 0 Å². The summed E-state index contributed by atoms with van der Waals surface area (Å²) in [6.45, 7) is 3.29. The number of benzene rings is 2. The van der Waals surface area contributed by atoms with E-state index in [1.807, 2.05) is 19.1 Å². The van der Waals surface area contributed by atoms with Crippen LogP contribution in [0.3, 0.4) is 0 Å². The lowest BCUT2D eigenvalue weighted by atomic mass is 9.88. The van der Waals surface area contributed by atoms with Crippen LogP contribution in [0.2, 0.25) is 0 Å². The van der Waals surface area contributed by atoms with Gasteiger partial charge in [-0.1, -0.05) is 42.5 Å². The molecule has 2 aliphatic rings. The third kappa shape index (κ3) is 2.76. The second-order valence-corrected chi connectivity index (χ2v) is 6.85. The summed E-state index contributed by atoms with van der Waals surface area (Å²) in [5.74, 6) is 0. The van der Waals surface area contributed by atoms with Gasteiger partial charge in [0.05, 0.1) is 37.5 Å². The fraction of sp³-hybridized carbons (Fsp3) is 0.400. The van der Waals surface area contributed by atoms with Crippen LogP contribution in [0.25, 0.3) is 0 Å². The summed E-state index contributed by atoms with van der Waals surface area (Å²) in [5.41, 5.74) is 18.7. The van der Waals surface area contributed by atoms with E-state index in [1.165, 1.54) is 27.8 Å². The lowest BCUT2D eigenvalue weighted by Crippen LogP contribution is -2.35. The molecule has 2 heterocycles. The SMILES string of the molecule is C[C@@H]1OCc2ccc(C[C@H]3OCc4ccccc4[C@@H]3N)cc2[C@H]1N. The molecule has 4 heteroatoms. The monoisotopic (exact) mass is 324 g/mol. The van der Waals surface area contributed by atoms with Crippen LogP contribution >= 0.6 is 0 Å². The molecule has 126 valence electrons. The van der Waals surface area contributed by atoms with E-state index in [2.05, 4.69) is 30.3 Å². The largest absolute Gasteiger partial charge is 0.372 e. The molecule has 0 saturated carbocycles. The molecular weight excluding hydrogens is 300 g/mol. The Hall–Kier alpha value is -1.72. The van der Waals surface area contributed by atoms with Crippen molar-refractivity contribution in [3.63, 3.8) is 0 Å². The average molecular weight is 324 g/mol. The molecule has 4 nitrogen and oxygen atoms in total. The minimum atomic E-state index is -0.0955. The topological polar surface area (TPSA) is 70.5 Å². The molecule has 2 aromatic carbocycles. The lowest BCUT2D eigenvalue weighted by Gasteiger charge is -2.32. The van der Waals surface area contributed by atoms with E-state index in [0.29, 0.717) is 13.2 Å². The molecule has 2 aromatic rings. The predicted molar refractivity (Wildman–Crippen MR) is 93.3 cm³/mol.